The molecule has 7 nitrogen and oxygen atoms in total. The molecule has 4 aliphatic rings. The van der Waals surface area contributed by atoms with Crippen LogP contribution in [0.3, 0.4) is 0 Å². The molecule has 1 aromatic carbocycles. The molecule has 0 bridgehead atoms. The van der Waals surface area contributed by atoms with Crippen LogP contribution in [-0.2, 0) is 32.7 Å². The third-order valence-electron chi connectivity index (χ3n) is 6.79. The summed E-state index contributed by atoms with van der Waals surface area (Å²) in [6.07, 6.45) is 3.96. The lowest BCUT2D eigenvalue weighted by atomic mass is 9.82. The summed E-state index contributed by atoms with van der Waals surface area (Å²) in [4.78, 5) is 34.4. The molecule has 1 aromatic heterocycles. The summed E-state index contributed by atoms with van der Waals surface area (Å²) in [5.41, 5.74) is 3.06. The molecule has 2 aromatic rings. The molecule has 1 N–H and O–H groups in total. The Morgan fingerprint density at radius 2 is 1.70 bits per heavy atom. The third-order valence-corrected chi connectivity index (χ3v) is 6.79. The molecular weight excluding hydrogens is 382 g/mol. The summed E-state index contributed by atoms with van der Waals surface area (Å²) in [5.74, 6) is -0.385. The minimum absolute atomic E-state index is 0.261. The van der Waals surface area contributed by atoms with Crippen LogP contribution in [0.1, 0.15) is 51.1 Å². The van der Waals surface area contributed by atoms with Gasteiger partial charge in [-0.05, 0) is 36.7 Å². The van der Waals surface area contributed by atoms with E-state index in [2.05, 4.69) is 15.3 Å². The molecule has 0 radical (unpaired) electrons. The van der Waals surface area contributed by atoms with Gasteiger partial charge in [0, 0.05) is 37.4 Å². The van der Waals surface area contributed by atoms with Gasteiger partial charge in [-0.25, -0.2) is 9.78 Å². The highest BCUT2D eigenvalue weighted by Crippen LogP contribution is 2.46. The van der Waals surface area contributed by atoms with Crippen molar-refractivity contribution >= 4 is 17.8 Å². The standard InChI is InChI=1S/C23H21N3O4/c1-13-12-25-18-17(22(30-20(18)27)6-8-24-9-7-22)16(13)19-26-21(28)23(29-19)10-14-4-2-3-5-15(14)11-23/h2-5,12,24H,6-11H2,1H3. The first kappa shape index (κ1) is 17.8. The Hall–Kier alpha value is -3.06. The van der Waals surface area contributed by atoms with Crippen LogP contribution in [0.2, 0.25) is 0 Å². The number of rotatable bonds is 1. The van der Waals surface area contributed by atoms with Crippen molar-refractivity contribution in [3.8, 4) is 0 Å². The maximum Gasteiger partial charge on any atom is 0.358 e. The molecule has 30 heavy (non-hydrogen) atoms. The van der Waals surface area contributed by atoms with Gasteiger partial charge in [-0.1, -0.05) is 24.3 Å². The first-order chi connectivity index (χ1) is 14.5. The van der Waals surface area contributed by atoms with Gasteiger partial charge >= 0.3 is 5.97 Å². The number of aryl methyl sites for hydroxylation is 1. The normalized spacial score (nSPS) is 22.6. The summed E-state index contributed by atoms with van der Waals surface area (Å²) in [5, 5.41) is 3.31. The van der Waals surface area contributed by atoms with Crippen LogP contribution in [0.25, 0.3) is 0 Å². The molecule has 1 fully saturated rings. The van der Waals surface area contributed by atoms with E-state index in [0.29, 0.717) is 42.8 Å². The van der Waals surface area contributed by atoms with E-state index in [0.717, 1.165) is 35.3 Å². The molecule has 1 aliphatic carbocycles. The van der Waals surface area contributed by atoms with Crippen molar-refractivity contribution in [3.63, 3.8) is 0 Å². The van der Waals surface area contributed by atoms with Gasteiger partial charge in [-0.3, -0.25) is 4.79 Å². The Labute approximate surface area is 173 Å². The first-order valence-electron chi connectivity index (χ1n) is 10.3. The maximum atomic E-state index is 13.1. The van der Waals surface area contributed by atoms with Gasteiger partial charge in [-0.15, -0.1) is 0 Å². The lowest BCUT2D eigenvalue weighted by Gasteiger charge is -2.34. The number of hydrogen-bond acceptors (Lipinski definition) is 6. The second kappa shape index (κ2) is 5.98. The minimum atomic E-state index is -0.994. The Kier molecular flexibility index (Phi) is 3.54. The van der Waals surface area contributed by atoms with Gasteiger partial charge in [0.25, 0.3) is 5.91 Å². The number of aromatic nitrogens is 1. The Bertz CT molecular complexity index is 1120. The minimum Gasteiger partial charge on any atom is -0.460 e. The molecule has 1 saturated heterocycles. The van der Waals surface area contributed by atoms with Crippen LogP contribution in [0.5, 0.6) is 0 Å². The lowest BCUT2D eigenvalue weighted by molar-refractivity contribution is -0.130. The number of nitrogens with zero attached hydrogens (tertiary/aromatic N) is 2. The number of amides is 1. The van der Waals surface area contributed by atoms with Gasteiger partial charge in [0.2, 0.25) is 5.90 Å². The Balaban J connectivity index is 1.45. The number of carbonyl (C=O) groups excluding carboxylic acids is 2. The van der Waals surface area contributed by atoms with E-state index in [1.165, 1.54) is 0 Å². The van der Waals surface area contributed by atoms with Crippen LogP contribution in [0, 0.1) is 6.92 Å². The van der Waals surface area contributed by atoms with Crippen LogP contribution >= 0.6 is 0 Å². The topological polar surface area (TPSA) is 89.9 Å². The highest BCUT2D eigenvalue weighted by atomic mass is 16.6. The van der Waals surface area contributed by atoms with E-state index in [-0.39, 0.29) is 5.91 Å². The van der Waals surface area contributed by atoms with Crippen molar-refractivity contribution < 1.29 is 19.1 Å². The SMILES string of the molecule is Cc1cnc2c(c1C1=NC(=O)C3(Cc4ccccc4C3)O1)C1(CCNCC1)OC2=O. The number of ether oxygens (including phenoxy) is 2. The zero-order valence-electron chi connectivity index (χ0n) is 16.7. The summed E-state index contributed by atoms with van der Waals surface area (Å²) < 4.78 is 12.2. The van der Waals surface area contributed by atoms with E-state index >= 15 is 0 Å². The smallest absolute Gasteiger partial charge is 0.358 e. The fraction of sp³-hybridized carbons (Fsp3) is 0.391. The molecule has 4 heterocycles. The highest BCUT2D eigenvalue weighted by Gasteiger charge is 2.54. The van der Waals surface area contributed by atoms with Crippen LogP contribution in [-0.4, -0.2) is 41.4 Å². The lowest BCUT2D eigenvalue weighted by Crippen LogP contribution is -2.41. The van der Waals surface area contributed by atoms with E-state index in [4.69, 9.17) is 9.47 Å². The number of nitrogens with one attached hydrogen (secondary N) is 1. The van der Waals surface area contributed by atoms with Crippen molar-refractivity contribution in [2.24, 2.45) is 4.99 Å². The third kappa shape index (κ3) is 2.29. The summed E-state index contributed by atoms with van der Waals surface area (Å²) >= 11 is 0. The van der Waals surface area contributed by atoms with Crippen LogP contribution < -0.4 is 5.32 Å². The van der Waals surface area contributed by atoms with E-state index in [9.17, 15) is 9.59 Å². The number of hydrogen-bond donors (Lipinski definition) is 1. The Morgan fingerprint density at radius 3 is 2.40 bits per heavy atom. The quantitative estimate of drug-likeness (QED) is 0.733. The zero-order chi connectivity index (χ0) is 20.5. The number of esters is 1. The summed E-state index contributed by atoms with van der Waals surface area (Å²) in [6.45, 7) is 3.39. The molecule has 1 amide bonds. The second-order valence-electron chi connectivity index (χ2n) is 8.61. The van der Waals surface area contributed by atoms with Gasteiger partial charge in [0.15, 0.2) is 11.3 Å². The molecule has 0 atom stereocenters. The molecule has 3 aliphatic heterocycles. The predicted octanol–water partition coefficient (Wildman–Crippen LogP) is 1.98. The van der Waals surface area contributed by atoms with E-state index < -0.39 is 17.2 Å². The zero-order valence-corrected chi connectivity index (χ0v) is 16.7. The number of piperidine rings is 1. The average Bonchev–Trinajstić information content (AvgIpc) is 3.35. The molecule has 6 rings (SSSR count). The molecule has 0 saturated carbocycles. The molecule has 7 heteroatoms. The molecular formula is C23H21N3O4. The number of pyridine rings is 1. The van der Waals surface area contributed by atoms with Crippen molar-refractivity contribution in [1.29, 1.82) is 0 Å². The van der Waals surface area contributed by atoms with Gasteiger partial charge in [-0.2, -0.15) is 4.99 Å². The maximum absolute atomic E-state index is 13.1. The van der Waals surface area contributed by atoms with Crippen LogP contribution in [0.15, 0.2) is 35.5 Å². The van der Waals surface area contributed by atoms with E-state index in [1.54, 1.807) is 6.20 Å². The Morgan fingerprint density at radius 1 is 1.00 bits per heavy atom. The molecule has 152 valence electrons. The van der Waals surface area contributed by atoms with Crippen molar-refractivity contribution in [3.05, 3.63) is 64.0 Å². The van der Waals surface area contributed by atoms with Crippen LogP contribution in [0.4, 0.5) is 0 Å². The average molecular weight is 403 g/mol. The predicted molar refractivity (Wildman–Crippen MR) is 107 cm³/mol. The van der Waals surface area contributed by atoms with Crippen molar-refractivity contribution in [1.82, 2.24) is 10.3 Å². The fourth-order valence-electron chi connectivity index (χ4n) is 5.30. The van der Waals surface area contributed by atoms with Crippen molar-refractivity contribution in [2.45, 2.75) is 43.8 Å². The molecule has 2 spiro atoms. The summed E-state index contributed by atoms with van der Waals surface area (Å²) in [6, 6.07) is 8.01. The number of fused-ring (bicyclic) bond motifs is 3. The van der Waals surface area contributed by atoms with Gasteiger partial charge in [0.1, 0.15) is 5.60 Å². The number of benzene rings is 1. The van der Waals surface area contributed by atoms with E-state index in [1.807, 2.05) is 31.2 Å². The van der Waals surface area contributed by atoms with Gasteiger partial charge < -0.3 is 14.8 Å². The summed E-state index contributed by atoms with van der Waals surface area (Å²) in [7, 11) is 0. The number of aliphatic imine (C=N–C) groups is 1. The highest BCUT2D eigenvalue weighted by molar-refractivity contribution is 6.12. The largest absolute Gasteiger partial charge is 0.460 e. The monoisotopic (exact) mass is 403 g/mol. The van der Waals surface area contributed by atoms with Crippen molar-refractivity contribution in [2.75, 3.05) is 13.1 Å². The molecule has 0 unspecified atom stereocenters. The number of carbonyl (C=O) groups is 2. The second-order valence-corrected chi connectivity index (χ2v) is 8.61. The van der Waals surface area contributed by atoms with Gasteiger partial charge in [0.05, 0.1) is 5.56 Å². The first-order valence-corrected chi connectivity index (χ1v) is 10.3. The fourth-order valence-corrected chi connectivity index (χ4v) is 5.30.